The molecule has 38 heavy (non-hydrogen) atoms. The van der Waals surface area contributed by atoms with Crippen LogP contribution in [0.1, 0.15) is 77.4 Å². The molecule has 0 amide bonds. The first-order valence-electron chi connectivity index (χ1n) is 13.0. The lowest BCUT2D eigenvalue weighted by Crippen LogP contribution is -2.46. The van der Waals surface area contributed by atoms with E-state index >= 15 is 0 Å². The molecule has 1 saturated carbocycles. The highest BCUT2D eigenvalue weighted by molar-refractivity contribution is 5.86. The molecule has 2 bridgehead atoms. The lowest BCUT2D eigenvalue weighted by molar-refractivity contribution is -0.137. The second-order valence-electron chi connectivity index (χ2n) is 10.6. The summed E-state index contributed by atoms with van der Waals surface area (Å²) >= 11 is 0. The number of piperidine rings is 1. The van der Waals surface area contributed by atoms with Crippen molar-refractivity contribution in [3.8, 4) is 11.3 Å². The molecule has 6 rings (SSSR count). The highest BCUT2D eigenvalue weighted by Gasteiger charge is 2.43. The lowest BCUT2D eigenvalue weighted by atomic mass is 9.98. The van der Waals surface area contributed by atoms with E-state index in [1.165, 1.54) is 12.1 Å². The maximum absolute atomic E-state index is 13.8. The van der Waals surface area contributed by atoms with Gasteiger partial charge in [0.25, 0.3) is 0 Å². The fourth-order valence-corrected chi connectivity index (χ4v) is 6.01. The lowest BCUT2D eigenvalue weighted by Gasteiger charge is -2.39. The predicted molar refractivity (Wildman–Crippen MR) is 132 cm³/mol. The number of carboxylic acid groups (broad SMARTS) is 1. The van der Waals surface area contributed by atoms with Crippen LogP contribution in [0.3, 0.4) is 0 Å². The Bertz CT molecular complexity index is 1350. The second-order valence-corrected chi connectivity index (χ2v) is 10.6. The zero-order valence-electron chi connectivity index (χ0n) is 20.9. The Kier molecular flexibility index (Phi) is 6.17. The molecule has 1 unspecified atom stereocenters. The van der Waals surface area contributed by atoms with Gasteiger partial charge in [0.15, 0.2) is 5.69 Å². The molecule has 3 atom stereocenters. The summed E-state index contributed by atoms with van der Waals surface area (Å²) in [6.45, 7) is 1.99. The summed E-state index contributed by atoms with van der Waals surface area (Å²) in [5, 5.41) is 13.5. The number of carbonyl (C=O) groups is 1. The van der Waals surface area contributed by atoms with Gasteiger partial charge in [0.05, 0.1) is 18.3 Å². The molecule has 4 heterocycles. The van der Waals surface area contributed by atoms with Crippen molar-refractivity contribution in [3.05, 3.63) is 64.5 Å². The minimum atomic E-state index is -4.51. The van der Waals surface area contributed by atoms with Crippen molar-refractivity contribution < 1.29 is 32.3 Å². The van der Waals surface area contributed by atoms with Gasteiger partial charge in [-0.1, -0.05) is 23.4 Å². The number of pyridine rings is 1. The van der Waals surface area contributed by atoms with Crippen LogP contribution in [-0.4, -0.2) is 39.4 Å². The van der Waals surface area contributed by atoms with Gasteiger partial charge in [0.2, 0.25) is 0 Å². The van der Waals surface area contributed by atoms with Gasteiger partial charge in [-0.15, -0.1) is 0 Å². The molecule has 3 aromatic rings. The number of hydrogen-bond acceptors (Lipinski definition) is 6. The molecule has 3 aliphatic rings. The van der Waals surface area contributed by atoms with Gasteiger partial charge in [-0.3, -0.25) is 0 Å². The van der Waals surface area contributed by atoms with Crippen molar-refractivity contribution in [2.24, 2.45) is 0 Å². The van der Waals surface area contributed by atoms with Crippen molar-refractivity contribution in [1.82, 2.24) is 10.1 Å². The third kappa shape index (κ3) is 4.66. The van der Waals surface area contributed by atoms with E-state index in [0.29, 0.717) is 17.1 Å². The van der Waals surface area contributed by atoms with E-state index < -0.39 is 17.7 Å². The number of aromatic carboxylic acids is 1. The first-order chi connectivity index (χ1) is 18.2. The summed E-state index contributed by atoms with van der Waals surface area (Å²) in [5.74, 6) is 0.419. The van der Waals surface area contributed by atoms with Crippen molar-refractivity contribution in [2.75, 3.05) is 4.90 Å². The molecular formula is C28H28F3N3O4. The maximum Gasteiger partial charge on any atom is 0.417 e. The van der Waals surface area contributed by atoms with Gasteiger partial charge in [0, 0.05) is 29.1 Å². The van der Waals surface area contributed by atoms with E-state index in [9.17, 15) is 23.1 Å². The number of carboxylic acids is 1. The summed E-state index contributed by atoms with van der Waals surface area (Å²) in [7, 11) is 0. The normalized spacial score (nSPS) is 23.2. The van der Waals surface area contributed by atoms with Crippen molar-refractivity contribution in [2.45, 2.75) is 82.3 Å². The molecule has 10 heteroatoms. The van der Waals surface area contributed by atoms with Gasteiger partial charge in [-0.25, -0.2) is 9.78 Å². The smallest absolute Gasteiger partial charge is 0.417 e. The molecule has 1 aliphatic carbocycles. The number of nitrogens with zero attached hydrogens (tertiary/aromatic N) is 3. The Morgan fingerprint density at radius 1 is 1.13 bits per heavy atom. The number of hydrogen-bond donors (Lipinski definition) is 1. The molecule has 0 spiro atoms. The minimum absolute atomic E-state index is 0.00361. The second kappa shape index (κ2) is 9.41. The SMILES string of the molecule is Cc1cc(C(=O)O)nc(N2[C@@H]3CC[C@H]2CC(OCc2c(-c4ccccc4C(F)(F)F)noc2C2CC2)C3)c1. The third-order valence-corrected chi connectivity index (χ3v) is 7.85. The van der Waals surface area contributed by atoms with E-state index in [4.69, 9.17) is 9.26 Å². The van der Waals surface area contributed by atoms with Gasteiger partial charge in [-0.2, -0.15) is 13.2 Å². The van der Waals surface area contributed by atoms with Crippen LogP contribution in [-0.2, 0) is 17.5 Å². The first kappa shape index (κ1) is 24.9. The molecule has 3 fully saturated rings. The van der Waals surface area contributed by atoms with E-state index in [2.05, 4.69) is 15.0 Å². The molecule has 1 aromatic carbocycles. The van der Waals surface area contributed by atoms with Gasteiger partial charge >= 0.3 is 12.1 Å². The Morgan fingerprint density at radius 2 is 1.84 bits per heavy atom. The van der Waals surface area contributed by atoms with E-state index in [1.54, 1.807) is 12.1 Å². The monoisotopic (exact) mass is 527 g/mol. The third-order valence-electron chi connectivity index (χ3n) is 7.85. The van der Waals surface area contributed by atoms with Crippen LogP contribution in [0.4, 0.5) is 19.0 Å². The predicted octanol–water partition coefficient (Wildman–Crippen LogP) is 6.36. The van der Waals surface area contributed by atoms with E-state index in [-0.39, 0.29) is 47.7 Å². The number of aromatic nitrogens is 2. The van der Waals surface area contributed by atoms with Crippen molar-refractivity contribution in [1.29, 1.82) is 0 Å². The van der Waals surface area contributed by atoms with Gasteiger partial charge < -0.3 is 19.3 Å². The average Bonchev–Trinajstić information content (AvgIpc) is 3.57. The van der Waals surface area contributed by atoms with E-state index in [1.807, 2.05) is 13.0 Å². The Hall–Kier alpha value is -3.40. The fraction of sp³-hybridized carbons (Fsp3) is 0.464. The number of ether oxygens (including phenoxy) is 1. The number of halogens is 3. The molecule has 1 N–H and O–H groups in total. The zero-order chi connectivity index (χ0) is 26.6. The summed E-state index contributed by atoms with van der Waals surface area (Å²) < 4.78 is 53.2. The van der Waals surface area contributed by atoms with Crippen LogP contribution in [0.15, 0.2) is 40.9 Å². The molecule has 2 saturated heterocycles. The Balaban J connectivity index is 1.22. The molecule has 200 valence electrons. The van der Waals surface area contributed by atoms with Gasteiger partial charge in [-0.05, 0) is 69.2 Å². The Morgan fingerprint density at radius 3 is 2.50 bits per heavy atom. The highest BCUT2D eigenvalue weighted by atomic mass is 19.4. The Labute approximate surface area is 217 Å². The van der Waals surface area contributed by atoms with Crippen molar-refractivity contribution in [3.63, 3.8) is 0 Å². The summed E-state index contributed by atoms with van der Waals surface area (Å²) in [5.41, 5.74) is 0.941. The van der Waals surface area contributed by atoms with Gasteiger partial charge in [0.1, 0.15) is 17.3 Å². The number of rotatable bonds is 7. The van der Waals surface area contributed by atoms with E-state index in [0.717, 1.165) is 50.2 Å². The molecule has 0 radical (unpaired) electrons. The van der Waals surface area contributed by atoms with Crippen LogP contribution in [0.2, 0.25) is 0 Å². The standard InChI is InChI=1S/C28H28F3N3O4/c1-15-10-23(27(35)36)32-24(11-15)34-17-8-9-18(34)13-19(12-17)37-14-21-25(33-38-26(21)16-6-7-16)20-4-2-3-5-22(20)28(29,30)31/h2-5,10-11,16-19H,6-9,12-14H2,1H3,(H,35,36)/t17-,18+,19?. The van der Waals surface area contributed by atoms with Crippen molar-refractivity contribution >= 4 is 11.8 Å². The molecule has 7 nitrogen and oxygen atoms in total. The number of aryl methyl sites for hydroxylation is 1. The van der Waals surface area contributed by atoms with Crippen LogP contribution < -0.4 is 4.90 Å². The molecule has 2 aromatic heterocycles. The number of alkyl halides is 3. The largest absolute Gasteiger partial charge is 0.477 e. The number of benzene rings is 1. The quantitative estimate of drug-likeness (QED) is 0.383. The van der Waals surface area contributed by atoms with Crippen LogP contribution >= 0.6 is 0 Å². The number of fused-ring (bicyclic) bond motifs is 2. The number of anilines is 1. The average molecular weight is 528 g/mol. The first-order valence-corrected chi connectivity index (χ1v) is 13.0. The summed E-state index contributed by atoms with van der Waals surface area (Å²) in [6.07, 6.45) is 0.616. The molecule has 2 aliphatic heterocycles. The zero-order valence-corrected chi connectivity index (χ0v) is 20.9. The highest BCUT2D eigenvalue weighted by Crippen LogP contribution is 2.46. The van der Waals surface area contributed by atoms with Crippen LogP contribution in [0, 0.1) is 6.92 Å². The maximum atomic E-state index is 13.8. The summed E-state index contributed by atoms with van der Waals surface area (Å²) in [4.78, 5) is 18.1. The van der Waals surface area contributed by atoms with Crippen LogP contribution in [0.25, 0.3) is 11.3 Å². The molecular weight excluding hydrogens is 499 g/mol. The fourth-order valence-electron chi connectivity index (χ4n) is 6.01. The van der Waals surface area contributed by atoms with Crippen LogP contribution in [0.5, 0.6) is 0 Å². The topological polar surface area (TPSA) is 88.7 Å². The minimum Gasteiger partial charge on any atom is -0.477 e. The summed E-state index contributed by atoms with van der Waals surface area (Å²) in [6, 6.07) is 9.24.